The second-order valence-corrected chi connectivity index (χ2v) is 6.87. The number of para-hydroxylation sites is 1. The summed E-state index contributed by atoms with van der Waals surface area (Å²) in [6.45, 7) is 5.91. The third-order valence-electron chi connectivity index (χ3n) is 3.83. The van der Waals surface area contributed by atoms with E-state index < -0.39 is 10.0 Å². The summed E-state index contributed by atoms with van der Waals surface area (Å²) in [6.07, 6.45) is 2.33. The van der Waals surface area contributed by atoms with Crippen molar-refractivity contribution in [1.29, 1.82) is 0 Å². The second kappa shape index (κ2) is 5.89. The number of nitrogens with one attached hydrogen (secondary N) is 1. The predicted octanol–water partition coefficient (Wildman–Crippen LogP) is 3.04. The molecule has 1 heterocycles. The largest absolute Gasteiger partial charge is 0.279 e. The first kappa shape index (κ1) is 15.6. The lowest BCUT2D eigenvalue weighted by Crippen LogP contribution is -2.15. The molecule has 1 atom stereocenters. The molecule has 2 aromatic rings. The molecule has 0 saturated heterocycles. The molecule has 0 amide bonds. The molecule has 114 valence electrons. The molecule has 0 spiro atoms. The summed E-state index contributed by atoms with van der Waals surface area (Å²) >= 11 is 0. The van der Waals surface area contributed by atoms with Crippen molar-refractivity contribution in [3.05, 3.63) is 41.7 Å². The van der Waals surface area contributed by atoms with E-state index in [2.05, 4.69) is 23.7 Å². The maximum atomic E-state index is 12.5. The smallest absolute Gasteiger partial charge is 0.265 e. The third-order valence-corrected chi connectivity index (χ3v) is 5.30. The fourth-order valence-electron chi connectivity index (χ4n) is 2.18. The van der Waals surface area contributed by atoms with Crippen LogP contribution in [0.4, 0.5) is 5.69 Å². The van der Waals surface area contributed by atoms with E-state index in [-0.39, 0.29) is 4.90 Å². The number of hydrogen-bond acceptors (Lipinski definition) is 3. The predicted molar refractivity (Wildman–Crippen MR) is 83.9 cm³/mol. The van der Waals surface area contributed by atoms with Crippen LogP contribution in [-0.2, 0) is 17.1 Å². The standard InChI is InChI=1S/C15H21N3O2S/c1-5-11(2)13-8-6-7-9-14(13)17-21(19,20)15-10-16-18(4)12(15)3/h6-11,17H,5H2,1-4H3. The molecule has 1 unspecified atom stereocenters. The topological polar surface area (TPSA) is 64.0 Å². The van der Waals surface area contributed by atoms with Crippen LogP contribution in [-0.4, -0.2) is 18.2 Å². The summed E-state index contributed by atoms with van der Waals surface area (Å²) in [4.78, 5) is 0.212. The quantitative estimate of drug-likeness (QED) is 0.923. The zero-order chi connectivity index (χ0) is 15.6. The van der Waals surface area contributed by atoms with Crippen molar-refractivity contribution in [2.45, 2.75) is 38.0 Å². The van der Waals surface area contributed by atoms with E-state index in [0.29, 0.717) is 17.3 Å². The Balaban J connectivity index is 2.40. The third kappa shape index (κ3) is 3.10. The number of sulfonamides is 1. The molecule has 0 bridgehead atoms. The van der Waals surface area contributed by atoms with E-state index in [1.807, 2.05) is 18.2 Å². The lowest BCUT2D eigenvalue weighted by Gasteiger charge is -2.16. The highest BCUT2D eigenvalue weighted by atomic mass is 32.2. The van der Waals surface area contributed by atoms with Gasteiger partial charge in [-0.2, -0.15) is 5.10 Å². The fourth-order valence-corrected chi connectivity index (χ4v) is 3.47. The minimum absolute atomic E-state index is 0.212. The highest BCUT2D eigenvalue weighted by molar-refractivity contribution is 7.92. The zero-order valence-electron chi connectivity index (χ0n) is 12.8. The Bertz CT molecular complexity index is 735. The van der Waals surface area contributed by atoms with Crippen LogP contribution in [0, 0.1) is 6.92 Å². The van der Waals surface area contributed by atoms with Gasteiger partial charge in [0, 0.05) is 7.05 Å². The van der Waals surface area contributed by atoms with Crippen molar-refractivity contribution in [3.63, 3.8) is 0 Å². The van der Waals surface area contributed by atoms with Gasteiger partial charge in [0.1, 0.15) is 4.90 Å². The molecule has 5 nitrogen and oxygen atoms in total. The Morgan fingerprint density at radius 1 is 1.33 bits per heavy atom. The van der Waals surface area contributed by atoms with E-state index in [4.69, 9.17) is 0 Å². The number of anilines is 1. The highest BCUT2D eigenvalue weighted by Crippen LogP contribution is 2.28. The Kier molecular flexibility index (Phi) is 4.37. The van der Waals surface area contributed by atoms with Gasteiger partial charge in [-0.15, -0.1) is 0 Å². The van der Waals surface area contributed by atoms with Gasteiger partial charge in [-0.25, -0.2) is 8.42 Å². The van der Waals surface area contributed by atoms with E-state index in [0.717, 1.165) is 12.0 Å². The summed E-state index contributed by atoms with van der Waals surface area (Å²) in [5.41, 5.74) is 2.25. The first-order valence-electron chi connectivity index (χ1n) is 6.97. The molecular formula is C15H21N3O2S. The highest BCUT2D eigenvalue weighted by Gasteiger charge is 2.21. The van der Waals surface area contributed by atoms with Gasteiger partial charge in [0.15, 0.2) is 0 Å². The molecule has 21 heavy (non-hydrogen) atoms. The molecular weight excluding hydrogens is 286 g/mol. The zero-order valence-corrected chi connectivity index (χ0v) is 13.6. The SMILES string of the molecule is CCC(C)c1ccccc1NS(=O)(=O)c1cnn(C)c1C. The number of nitrogens with zero attached hydrogens (tertiary/aromatic N) is 2. The van der Waals surface area contributed by atoms with Gasteiger partial charge in [-0.3, -0.25) is 9.40 Å². The molecule has 0 aliphatic rings. The van der Waals surface area contributed by atoms with Crippen molar-refractivity contribution >= 4 is 15.7 Å². The van der Waals surface area contributed by atoms with Crippen molar-refractivity contribution in [1.82, 2.24) is 9.78 Å². The van der Waals surface area contributed by atoms with Crippen LogP contribution in [0.3, 0.4) is 0 Å². The van der Waals surface area contributed by atoms with Gasteiger partial charge in [-0.05, 0) is 30.9 Å². The molecule has 6 heteroatoms. The number of hydrogen-bond donors (Lipinski definition) is 1. The molecule has 1 N–H and O–H groups in total. The minimum Gasteiger partial charge on any atom is -0.279 e. The van der Waals surface area contributed by atoms with Crippen LogP contribution in [0.15, 0.2) is 35.4 Å². The average molecular weight is 307 g/mol. The summed E-state index contributed by atoms with van der Waals surface area (Å²) in [7, 11) is -1.90. The Morgan fingerprint density at radius 3 is 2.57 bits per heavy atom. The number of rotatable bonds is 5. The number of aromatic nitrogens is 2. The van der Waals surface area contributed by atoms with Crippen LogP contribution < -0.4 is 4.72 Å². The summed E-state index contributed by atoms with van der Waals surface area (Å²) in [6, 6.07) is 7.52. The maximum Gasteiger partial charge on any atom is 0.265 e. The van der Waals surface area contributed by atoms with Gasteiger partial charge >= 0.3 is 0 Å². The Morgan fingerprint density at radius 2 is 2.00 bits per heavy atom. The molecule has 0 aliphatic carbocycles. The monoisotopic (exact) mass is 307 g/mol. The van der Waals surface area contributed by atoms with Crippen LogP contribution in [0.2, 0.25) is 0 Å². The lowest BCUT2D eigenvalue weighted by atomic mass is 9.97. The van der Waals surface area contributed by atoms with Gasteiger partial charge in [0.05, 0.1) is 17.6 Å². The van der Waals surface area contributed by atoms with Crippen LogP contribution in [0.5, 0.6) is 0 Å². The van der Waals surface area contributed by atoms with Gasteiger partial charge < -0.3 is 0 Å². The van der Waals surface area contributed by atoms with Crippen molar-refractivity contribution in [3.8, 4) is 0 Å². The Labute approximate surface area is 126 Å². The van der Waals surface area contributed by atoms with Crippen LogP contribution >= 0.6 is 0 Å². The fraction of sp³-hybridized carbons (Fsp3) is 0.400. The molecule has 0 radical (unpaired) electrons. The maximum absolute atomic E-state index is 12.5. The summed E-state index contributed by atoms with van der Waals surface area (Å²) in [5, 5.41) is 4.00. The van der Waals surface area contributed by atoms with E-state index >= 15 is 0 Å². The number of benzene rings is 1. The average Bonchev–Trinajstić information content (AvgIpc) is 2.79. The van der Waals surface area contributed by atoms with E-state index in [9.17, 15) is 8.42 Å². The molecule has 1 aromatic heterocycles. The Hall–Kier alpha value is -1.82. The molecule has 0 saturated carbocycles. The number of aryl methyl sites for hydroxylation is 1. The summed E-state index contributed by atoms with van der Waals surface area (Å²) in [5.74, 6) is 0.291. The molecule has 0 aliphatic heterocycles. The lowest BCUT2D eigenvalue weighted by molar-refractivity contribution is 0.600. The van der Waals surface area contributed by atoms with Crippen molar-refractivity contribution in [2.75, 3.05) is 4.72 Å². The van der Waals surface area contributed by atoms with Crippen molar-refractivity contribution < 1.29 is 8.42 Å². The molecule has 1 aromatic carbocycles. The summed E-state index contributed by atoms with van der Waals surface area (Å²) < 4.78 is 29.3. The van der Waals surface area contributed by atoms with Gasteiger partial charge in [-0.1, -0.05) is 32.0 Å². The van der Waals surface area contributed by atoms with E-state index in [1.165, 1.54) is 6.20 Å². The second-order valence-electron chi connectivity index (χ2n) is 5.22. The minimum atomic E-state index is -3.62. The van der Waals surface area contributed by atoms with Crippen LogP contribution in [0.1, 0.15) is 37.4 Å². The van der Waals surface area contributed by atoms with Crippen LogP contribution in [0.25, 0.3) is 0 Å². The normalized spacial score (nSPS) is 13.1. The van der Waals surface area contributed by atoms with Gasteiger partial charge in [0.25, 0.3) is 10.0 Å². The van der Waals surface area contributed by atoms with Crippen molar-refractivity contribution in [2.24, 2.45) is 7.05 Å². The van der Waals surface area contributed by atoms with E-state index in [1.54, 1.807) is 24.7 Å². The first-order chi connectivity index (χ1) is 9.86. The molecule has 2 rings (SSSR count). The first-order valence-corrected chi connectivity index (χ1v) is 8.45. The molecule has 0 fully saturated rings. The van der Waals surface area contributed by atoms with Gasteiger partial charge in [0.2, 0.25) is 0 Å².